The van der Waals surface area contributed by atoms with E-state index in [-0.39, 0.29) is 0 Å². The summed E-state index contributed by atoms with van der Waals surface area (Å²) in [6.07, 6.45) is 2.69. The number of aromatic nitrogens is 1. The van der Waals surface area contributed by atoms with Gasteiger partial charge in [0.1, 0.15) is 5.15 Å². The SMILES string of the molecule is Cc1nc(Cl)ccc1NCc1cccc(C2CC2)c1. The highest BCUT2D eigenvalue weighted by atomic mass is 35.5. The summed E-state index contributed by atoms with van der Waals surface area (Å²) in [6, 6.07) is 12.7. The van der Waals surface area contributed by atoms with Crippen LogP contribution in [0.15, 0.2) is 36.4 Å². The van der Waals surface area contributed by atoms with Gasteiger partial charge in [0.15, 0.2) is 0 Å². The molecule has 1 N–H and O–H groups in total. The van der Waals surface area contributed by atoms with Crippen molar-refractivity contribution in [1.29, 1.82) is 0 Å². The second-order valence-electron chi connectivity index (χ2n) is 5.14. The number of halogens is 1. The summed E-state index contributed by atoms with van der Waals surface area (Å²) in [5.41, 5.74) is 4.77. The van der Waals surface area contributed by atoms with E-state index in [1.54, 1.807) is 0 Å². The highest BCUT2D eigenvalue weighted by Crippen LogP contribution is 2.40. The normalized spacial score (nSPS) is 14.4. The van der Waals surface area contributed by atoms with Gasteiger partial charge in [-0.3, -0.25) is 0 Å². The minimum Gasteiger partial charge on any atom is -0.380 e. The third-order valence-corrected chi connectivity index (χ3v) is 3.75. The first-order valence-corrected chi connectivity index (χ1v) is 7.06. The van der Waals surface area contributed by atoms with Crippen LogP contribution in [0.3, 0.4) is 0 Å². The summed E-state index contributed by atoms with van der Waals surface area (Å²) >= 11 is 5.86. The Labute approximate surface area is 118 Å². The number of pyridine rings is 1. The van der Waals surface area contributed by atoms with Crippen molar-refractivity contribution in [3.05, 3.63) is 58.4 Å². The van der Waals surface area contributed by atoms with Crippen molar-refractivity contribution in [2.24, 2.45) is 0 Å². The van der Waals surface area contributed by atoms with E-state index in [2.05, 4.69) is 34.6 Å². The zero-order valence-corrected chi connectivity index (χ0v) is 11.7. The number of aryl methyl sites for hydroxylation is 1. The minimum atomic E-state index is 0.541. The van der Waals surface area contributed by atoms with E-state index in [1.807, 2.05) is 19.1 Å². The average molecular weight is 273 g/mol. The lowest BCUT2D eigenvalue weighted by Gasteiger charge is -2.10. The summed E-state index contributed by atoms with van der Waals surface area (Å²) in [4.78, 5) is 4.24. The van der Waals surface area contributed by atoms with Crippen molar-refractivity contribution >= 4 is 17.3 Å². The molecule has 2 nitrogen and oxygen atoms in total. The predicted octanol–water partition coefficient (Wildman–Crippen LogP) is 4.53. The van der Waals surface area contributed by atoms with Crippen LogP contribution < -0.4 is 5.32 Å². The monoisotopic (exact) mass is 272 g/mol. The van der Waals surface area contributed by atoms with E-state index in [0.29, 0.717) is 5.15 Å². The van der Waals surface area contributed by atoms with Crippen LogP contribution in [0.5, 0.6) is 0 Å². The number of nitrogens with one attached hydrogen (secondary N) is 1. The summed E-state index contributed by atoms with van der Waals surface area (Å²) in [7, 11) is 0. The van der Waals surface area contributed by atoms with E-state index in [1.165, 1.54) is 24.0 Å². The molecule has 2 aromatic rings. The van der Waals surface area contributed by atoms with Gasteiger partial charge < -0.3 is 5.32 Å². The van der Waals surface area contributed by atoms with Crippen molar-refractivity contribution < 1.29 is 0 Å². The topological polar surface area (TPSA) is 24.9 Å². The van der Waals surface area contributed by atoms with Gasteiger partial charge >= 0.3 is 0 Å². The quantitative estimate of drug-likeness (QED) is 0.827. The summed E-state index contributed by atoms with van der Waals surface area (Å²) in [6.45, 7) is 2.79. The Morgan fingerprint density at radius 1 is 1.26 bits per heavy atom. The van der Waals surface area contributed by atoms with Crippen molar-refractivity contribution in [2.45, 2.75) is 32.2 Å². The maximum absolute atomic E-state index is 5.86. The molecule has 0 amide bonds. The van der Waals surface area contributed by atoms with E-state index in [4.69, 9.17) is 11.6 Å². The lowest BCUT2D eigenvalue weighted by molar-refractivity contribution is 1.07. The lowest BCUT2D eigenvalue weighted by Crippen LogP contribution is -2.02. The third-order valence-electron chi connectivity index (χ3n) is 3.53. The van der Waals surface area contributed by atoms with Gasteiger partial charge in [-0.2, -0.15) is 0 Å². The summed E-state index contributed by atoms with van der Waals surface area (Å²) in [5.74, 6) is 0.805. The number of rotatable bonds is 4. The first kappa shape index (κ1) is 12.5. The van der Waals surface area contributed by atoms with E-state index >= 15 is 0 Å². The van der Waals surface area contributed by atoms with Gasteiger partial charge in [0.05, 0.1) is 11.4 Å². The molecule has 98 valence electrons. The molecule has 0 spiro atoms. The second-order valence-corrected chi connectivity index (χ2v) is 5.53. The van der Waals surface area contributed by atoms with Gasteiger partial charge in [-0.15, -0.1) is 0 Å². The van der Waals surface area contributed by atoms with Crippen molar-refractivity contribution in [3.63, 3.8) is 0 Å². The third kappa shape index (κ3) is 3.07. The van der Waals surface area contributed by atoms with Crippen LogP contribution in [0.25, 0.3) is 0 Å². The van der Waals surface area contributed by atoms with Gasteiger partial charge in [0.25, 0.3) is 0 Å². The average Bonchev–Trinajstić information content (AvgIpc) is 3.22. The molecule has 1 aromatic carbocycles. The minimum absolute atomic E-state index is 0.541. The molecule has 1 aromatic heterocycles. The van der Waals surface area contributed by atoms with Gasteiger partial charge in [0.2, 0.25) is 0 Å². The highest BCUT2D eigenvalue weighted by molar-refractivity contribution is 6.29. The molecule has 0 atom stereocenters. The number of hydrogen-bond donors (Lipinski definition) is 1. The van der Waals surface area contributed by atoms with Crippen molar-refractivity contribution in [2.75, 3.05) is 5.32 Å². The molecule has 1 fully saturated rings. The van der Waals surface area contributed by atoms with E-state index in [0.717, 1.165) is 23.8 Å². The smallest absolute Gasteiger partial charge is 0.129 e. The van der Waals surface area contributed by atoms with Crippen LogP contribution in [0.2, 0.25) is 5.15 Å². The van der Waals surface area contributed by atoms with Crippen molar-refractivity contribution in [1.82, 2.24) is 4.98 Å². The van der Waals surface area contributed by atoms with E-state index in [9.17, 15) is 0 Å². The maximum Gasteiger partial charge on any atom is 0.129 e. The molecule has 0 radical (unpaired) electrons. The Morgan fingerprint density at radius 3 is 2.84 bits per heavy atom. The molecule has 0 saturated heterocycles. The summed E-state index contributed by atoms with van der Waals surface area (Å²) in [5, 5.41) is 3.96. The second kappa shape index (κ2) is 5.22. The molecular formula is C16H17ClN2. The van der Waals surface area contributed by atoms with Crippen LogP contribution >= 0.6 is 11.6 Å². The zero-order chi connectivity index (χ0) is 13.2. The van der Waals surface area contributed by atoms with Gasteiger partial charge in [-0.25, -0.2) is 4.98 Å². The van der Waals surface area contributed by atoms with Gasteiger partial charge in [-0.1, -0.05) is 35.9 Å². The fourth-order valence-electron chi connectivity index (χ4n) is 2.29. The van der Waals surface area contributed by atoms with Crippen LogP contribution in [0.4, 0.5) is 5.69 Å². The largest absolute Gasteiger partial charge is 0.380 e. The molecule has 1 aliphatic rings. The van der Waals surface area contributed by atoms with Crippen LogP contribution in [-0.2, 0) is 6.54 Å². The Balaban J connectivity index is 1.69. The van der Waals surface area contributed by atoms with Crippen molar-refractivity contribution in [3.8, 4) is 0 Å². The molecule has 0 aliphatic heterocycles. The Kier molecular flexibility index (Phi) is 3.43. The van der Waals surface area contributed by atoms with Crippen LogP contribution in [0.1, 0.15) is 35.6 Å². The first-order valence-electron chi connectivity index (χ1n) is 6.68. The predicted molar refractivity (Wildman–Crippen MR) is 79.7 cm³/mol. The first-order chi connectivity index (χ1) is 9.22. The van der Waals surface area contributed by atoms with Crippen LogP contribution in [0, 0.1) is 6.92 Å². The molecular weight excluding hydrogens is 256 g/mol. The number of hydrogen-bond acceptors (Lipinski definition) is 2. The zero-order valence-electron chi connectivity index (χ0n) is 11.0. The number of benzene rings is 1. The van der Waals surface area contributed by atoms with Crippen LogP contribution in [-0.4, -0.2) is 4.98 Å². The molecule has 0 bridgehead atoms. The summed E-state index contributed by atoms with van der Waals surface area (Å²) < 4.78 is 0. The fourth-order valence-corrected chi connectivity index (χ4v) is 2.48. The van der Waals surface area contributed by atoms with E-state index < -0.39 is 0 Å². The Bertz CT molecular complexity index is 591. The Hall–Kier alpha value is -1.54. The molecule has 0 unspecified atom stereocenters. The fraction of sp³-hybridized carbons (Fsp3) is 0.312. The molecule has 3 heteroatoms. The molecule has 1 heterocycles. The Morgan fingerprint density at radius 2 is 2.11 bits per heavy atom. The lowest BCUT2D eigenvalue weighted by atomic mass is 10.1. The van der Waals surface area contributed by atoms with Gasteiger partial charge in [0, 0.05) is 6.54 Å². The highest BCUT2D eigenvalue weighted by Gasteiger charge is 2.23. The maximum atomic E-state index is 5.86. The van der Waals surface area contributed by atoms with Gasteiger partial charge in [-0.05, 0) is 48.9 Å². The molecule has 1 saturated carbocycles. The molecule has 1 aliphatic carbocycles. The number of nitrogens with zero attached hydrogens (tertiary/aromatic N) is 1. The standard InChI is InChI=1S/C16H17ClN2/c1-11-15(7-8-16(17)19-11)18-10-12-3-2-4-14(9-12)13-5-6-13/h2-4,7-9,13,18H,5-6,10H2,1H3. The number of anilines is 1. The molecule has 3 rings (SSSR count). The molecule has 19 heavy (non-hydrogen) atoms.